The highest BCUT2D eigenvalue weighted by Crippen LogP contribution is 2.17. The molecule has 0 fully saturated rings. The third-order valence-electron chi connectivity index (χ3n) is 2.94. The van der Waals surface area contributed by atoms with E-state index < -0.39 is 29.9 Å². The minimum absolute atomic E-state index is 0.124. The molecule has 0 radical (unpaired) electrons. The van der Waals surface area contributed by atoms with E-state index >= 15 is 0 Å². The van der Waals surface area contributed by atoms with Crippen LogP contribution in [0.15, 0.2) is 0 Å². The Morgan fingerprint density at radius 1 is 0.842 bits per heavy atom. The lowest BCUT2D eigenvalue weighted by Crippen LogP contribution is -2.29. The molecule has 110 valence electrons. The minimum atomic E-state index is -1.04. The molecule has 0 saturated carbocycles. The predicted molar refractivity (Wildman–Crippen MR) is 66.7 cm³/mol. The molecule has 5 N–H and O–H groups in total. The normalized spacial score (nSPS) is 13.7. The van der Waals surface area contributed by atoms with E-state index in [-0.39, 0.29) is 12.8 Å². The summed E-state index contributed by atoms with van der Waals surface area (Å²) < 4.78 is 0. The average Bonchev–Trinajstić information content (AvgIpc) is 2.31. The van der Waals surface area contributed by atoms with Gasteiger partial charge in [0.05, 0.1) is 5.92 Å². The van der Waals surface area contributed by atoms with Crippen LogP contribution in [0.4, 0.5) is 0 Å². The van der Waals surface area contributed by atoms with Crippen LogP contribution in [0.25, 0.3) is 0 Å². The van der Waals surface area contributed by atoms with Gasteiger partial charge >= 0.3 is 17.9 Å². The van der Waals surface area contributed by atoms with Crippen molar-refractivity contribution in [2.45, 2.75) is 51.0 Å². The molecule has 0 aromatic heterocycles. The first-order valence-electron chi connectivity index (χ1n) is 6.27. The van der Waals surface area contributed by atoms with Crippen molar-refractivity contribution in [2.75, 3.05) is 0 Å². The average molecular weight is 275 g/mol. The SMILES string of the molecule is N[C@@H](CCCCC[C@H](CCC(=O)O)C(=O)O)C(=O)O. The van der Waals surface area contributed by atoms with Crippen molar-refractivity contribution in [1.82, 2.24) is 0 Å². The van der Waals surface area contributed by atoms with Crippen LogP contribution in [0.3, 0.4) is 0 Å². The number of carboxylic acid groups (broad SMARTS) is 3. The second-order valence-corrected chi connectivity index (χ2v) is 4.55. The number of rotatable bonds is 11. The lowest BCUT2D eigenvalue weighted by molar-refractivity contribution is -0.143. The molecule has 0 spiro atoms. The first-order chi connectivity index (χ1) is 8.84. The van der Waals surface area contributed by atoms with E-state index in [1.807, 2.05) is 0 Å². The molecule has 0 aliphatic carbocycles. The number of hydrogen-bond donors (Lipinski definition) is 4. The highest BCUT2D eigenvalue weighted by atomic mass is 16.4. The van der Waals surface area contributed by atoms with Crippen LogP contribution in [0.5, 0.6) is 0 Å². The van der Waals surface area contributed by atoms with Gasteiger partial charge in [-0.2, -0.15) is 0 Å². The summed E-state index contributed by atoms with van der Waals surface area (Å²) >= 11 is 0. The largest absolute Gasteiger partial charge is 0.481 e. The van der Waals surface area contributed by atoms with Gasteiger partial charge in [-0.1, -0.05) is 19.3 Å². The molecular weight excluding hydrogens is 254 g/mol. The monoisotopic (exact) mass is 275 g/mol. The zero-order chi connectivity index (χ0) is 14.8. The smallest absolute Gasteiger partial charge is 0.320 e. The molecule has 0 bridgehead atoms. The topological polar surface area (TPSA) is 138 Å². The van der Waals surface area contributed by atoms with Gasteiger partial charge < -0.3 is 21.1 Å². The third-order valence-corrected chi connectivity index (χ3v) is 2.94. The second-order valence-electron chi connectivity index (χ2n) is 4.55. The number of carboxylic acids is 3. The van der Waals surface area contributed by atoms with E-state index in [1.54, 1.807) is 0 Å². The van der Waals surface area contributed by atoms with Crippen LogP contribution in [-0.2, 0) is 14.4 Å². The maximum Gasteiger partial charge on any atom is 0.320 e. The molecule has 0 aliphatic heterocycles. The summed E-state index contributed by atoms with van der Waals surface area (Å²) in [6, 6.07) is -0.873. The third kappa shape index (κ3) is 9.01. The molecule has 0 amide bonds. The van der Waals surface area contributed by atoms with E-state index in [9.17, 15) is 14.4 Å². The second kappa shape index (κ2) is 9.32. The van der Waals surface area contributed by atoms with Crippen LogP contribution in [0.1, 0.15) is 44.9 Å². The molecule has 7 heteroatoms. The zero-order valence-electron chi connectivity index (χ0n) is 10.7. The highest BCUT2D eigenvalue weighted by Gasteiger charge is 2.18. The number of aliphatic carboxylic acids is 3. The van der Waals surface area contributed by atoms with Gasteiger partial charge in [0.2, 0.25) is 0 Å². The summed E-state index contributed by atoms with van der Waals surface area (Å²) in [6.07, 6.45) is 2.69. The number of unbranched alkanes of at least 4 members (excludes halogenated alkanes) is 2. The predicted octanol–water partition coefficient (Wildman–Crippen LogP) is 0.914. The van der Waals surface area contributed by atoms with E-state index in [0.29, 0.717) is 32.1 Å². The van der Waals surface area contributed by atoms with E-state index in [1.165, 1.54) is 0 Å². The molecule has 19 heavy (non-hydrogen) atoms. The molecule has 0 rings (SSSR count). The summed E-state index contributed by atoms with van der Waals surface area (Å²) in [5, 5.41) is 26.0. The number of nitrogens with two attached hydrogens (primary N) is 1. The van der Waals surface area contributed by atoms with Gasteiger partial charge in [0, 0.05) is 6.42 Å². The van der Waals surface area contributed by atoms with Crippen LogP contribution in [0, 0.1) is 5.92 Å². The van der Waals surface area contributed by atoms with Gasteiger partial charge in [-0.05, 0) is 19.3 Å². The van der Waals surface area contributed by atoms with Crippen LogP contribution in [0.2, 0.25) is 0 Å². The Kier molecular flexibility index (Phi) is 8.52. The Hall–Kier alpha value is -1.63. The number of hydrogen-bond acceptors (Lipinski definition) is 4. The maximum atomic E-state index is 10.9. The summed E-state index contributed by atoms with van der Waals surface area (Å²) in [5.74, 6) is -3.67. The lowest BCUT2D eigenvalue weighted by atomic mass is 9.95. The van der Waals surface area contributed by atoms with Crippen molar-refractivity contribution < 1.29 is 29.7 Å². The van der Waals surface area contributed by atoms with Crippen LogP contribution < -0.4 is 5.73 Å². The summed E-state index contributed by atoms with van der Waals surface area (Å²) in [6.45, 7) is 0. The van der Waals surface area contributed by atoms with Gasteiger partial charge in [0.25, 0.3) is 0 Å². The van der Waals surface area contributed by atoms with Crippen LogP contribution in [-0.4, -0.2) is 39.3 Å². The Balaban J connectivity index is 3.78. The van der Waals surface area contributed by atoms with Gasteiger partial charge in [-0.15, -0.1) is 0 Å². The molecule has 2 atom stereocenters. The fraction of sp³-hybridized carbons (Fsp3) is 0.750. The van der Waals surface area contributed by atoms with E-state index in [0.717, 1.165) is 0 Å². The Morgan fingerprint density at radius 2 is 1.42 bits per heavy atom. The quantitative estimate of drug-likeness (QED) is 0.411. The van der Waals surface area contributed by atoms with Crippen molar-refractivity contribution in [1.29, 1.82) is 0 Å². The first kappa shape index (κ1) is 17.4. The maximum absolute atomic E-state index is 10.9. The van der Waals surface area contributed by atoms with Gasteiger partial charge in [0.15, 0.2) is 0 Å². The van der Waals surface area contributed by atoms with Crippen molar-refractivity contribution in [3.63, 3.8) is 0 Å². The molecule has 0 heterocycles. The molecule has 0 aromatic carbocycles. The lowest BCUT2D eigenvalue weighted by Gasteiger charge is -2.11. The fourth-order valence-corrected chi connectivity index (χ4v) is 1.74. The van der Waals surface area contributed by atoms with Crippen molar-refractivity contribution in [2.24, 2.45) is 11.7 Å². The van der Waals surface area contributed by atoms with Gasteiger partial charge in [0.1, 0.15) is 6.04 Å². The molecule has 0 aromatic rings. The fourth-order valence-electron chi connectivity index (χ4n) is 1.74. The summed E-state index contributed by atoms with van der Waals surface area (Å²) in [4.78, 5) is 31.7. The Labute approximate surface area is 111 Å². The molecule has 0 unspecified atom stereocenters. The van der Waals surface area contributed by atoms with Crippen molar-refractivity contribution >= 4 is 17.9 Å². The molecule has 0 aliphatic rings. The minimum Gasteiger partial charge on any atom is -0.481 e. The first-order valence-corrected chi connectivity index (χ1v) is 6.27. The Morgan fingerprint density at radius 3 is 1.89 bits per heavy atom. The molecule has 7 nitrogen and oxygen atoms in total. The van der Waals surface area contributed by atoms with Crippen LogP contribution >= 0.6 is 0 Å². The molecular formula is C12H21NO6. The number of carbonyl (C=O) groups is 3. The van der Waals surface area contributed by atoms with Gasteiger partial charge in [-0.25, -0.2) is 0 Å². The highest BCUT2D eigenvalue weighted by molar-refractivity contribution is 5.73. The zero-order valence-corrected chi connectivity index (χ0v) is 10.7. The Bertz CT molecular complexity index is 317. The van der Waals surface area contributed by atoms with E-state index in [4.69, 9.17) is 21.1 Å². The molecule has 0 saturated heterocycles. The van der Waals surface area contributed by atoms with E-state index in [2.05, 4.69) is 0 Å². The summed E-state index contributed by atoms with van der Waals surface area (Å²) in [7, 11) is 0. The van der Waals surface area contributed by atoms with Gasteiger partial charge in [-0.3, -0.25) is 14.4 Å². The standard InChI is InChI=1S/C12H21NO6/c13-9(12(18)19)5-3-1-2-4-8(11(16)17)6-7-10(14)15/h8-9H,1-7,13H2,(H,14,15)(H,16,17)(H,18,19)/t8-,9+/m1/s1. The van der Waals surface area contributed by atoms with Crippen molar-refractivity contribution in [3.8, 4) is 0 Å². The van der Waals surface area contributed by atoms with Crippen molar-refractivity contribution in [3.05, 3.63) is 0 Å². The summed E-state index contributed by atoms with van der Waals surface area (Å²) in [5.41, 5.74) is 5.33.